The summed E-state index contributed by atoms with van der Waals surface area (Å²) in [7, 11) is 0. The van der Waals surface area contributed by atoms with Gasteiger partial charge in [0.2, 0.25) is 0 Å². The van der Waals surface area contributed by atoms with Crippen LogP contribution in [0.4, 0.5) is 0 Å². The van der Waals surface area contributed by atoms with Gasteiger partial charge in [0.15, 0.2) is 0 Å². The van der Waals surface area contributed by atoms with E-state index in [1.165, 1.54) is 51.7 Å². The molecule has 2 nitrogen and oxygen atoms in total. The Morgan fingerprint density at radius 3 is 2.53 bits per heavy atom. The van der Waals surface area contributed by atoms with Gasteiger partial charge in [0, 0.05) is 25.2 Å². The molecule has 1 N–H and O–H groups in total. The largest absolute Gasteiger partial charge is 0.314 e. The van der Waals surface area contributed by atoms with Gasteiger partial charge in [0.25, 0.3) is 0 Å². The highest BCUT2D eigenvalue weighted by Crippen LogP contribution is 2.33. The van der Waals surface area contributed by atoms with Crippen molar-refractivity contribution < 1.29 is 0 Å². The van der Waals surface area contributed by atoms with Crippen molar-refractivity contribution in [3.63, 3.8) is 0 Å². The third-order valence-corrected chi connectivity index (χ3v) is 4.28. The van der Waals surface area contributed by atoms with E-state index in [1.807, 2.05) is 0 Å². The lowest BCUT2D eigenvalue weighted by molar-refractivity contribution is 0.0727. The summed E-state index contributed by atoms with van der Waals surface area (Å²) in [4.78, 5) is 2.82. The van der Waals surface area contributed by atoms with E-state index in [-0.39, 0.29) is 0 Å². The standard InChI is InChI=1S/C13H26N2/c1-3-8-15(12-9-14-10-12)13-7-5-6-11(13)4-2/h11-14H,3-10H2,1-2H3. The fraction of sp³-hybridized carbons (Fsp3) is 1.00. The molecule has 0 amide bonds. The van der Waals surface area contributed by atoms with E-state index in [9.17, 15) is 0 Å². The zero-order valence-electron chi connectivity index (χ0n) is 10.3. The maximum atomic E-state index is 3.41. The Labute approximate surface area is 94.4 Å². The van der Waals surface area contributed by atoms with Crippen LogP contribution in [0.1, 0.15) is 46.0 Å². The van der Waals surface area contributed by atoms with Gasteiger partial charge in [-0.05, 0) is 31.7 Å². The normalized spacial score (nSPS) is 32.2. The van der Waals surface area contributed by atoms with E-state index in [0.29, 0.717) is 0 Å². The number of rotatable bonds is 5. The summed E-state index contributed by atoms with van der Waals surface area (Å²) in [5, 5.41) is 3.41. The Morgan fingerprint density at radius 2 is 2.00 bits per heavy atom. The zero-order chi connectivity index (χ0) is 10.7. The summed E-state index contributed by atoms with van der Waals surface area (Å²) < 4.78 is 0. The third-order valence-electron chi connectivity index (χ3n) is 4.28. The Morgan fingerprint density at radius 1 is 1.20 bits per heavy atom. The molecular formula is C13H26N2. The Balaban J connectivity index is 1.95. The highest BCUT2D eigenvalue weighted by atomic mass is 15.3. The van der Waals surface area contributed by atoms with Crippen LogP contribution in [0.25, 0.3) is 0 Å². The summed E-state index contributed by atoms with van der Waals surface area (Å²) >= 11 is 0. The van der Waals surface area contributed by atoms with E-state index >= 15 is 0 Å². The van der Waals surface area contributed by atoms with Crippen LogP contribution in [-0.4, -0.2) is 36.6 Å². The highest BCUT2D eigenvalue weighted by molar-refractivity contribution is 4.93. The molecule has 0 bridgehead atoms. The van der Waals surface area contributed by atoms with Crippen LogP contribution in [0.5, 0.6) is 0 Å². The van der Waals surface area contributed by atoms with E-state index in [1.54, 1.807) is 0 Å². The fourth-order valence-corrected chi connectivity index (χ4v) is 3.32. The van der Waals surface area contributed by atoms with Crippen LogP contribution in [0.2, 0.25) is 0 Å². The van der Waals surface area contributed by atoms with E-state index in [0.717, 1.165) is 18.0 Å². The van der Waals surface area contributed by atoms with Crippen LogP contribution in [-0.2, 0) is 0 Å². The van der Waals surface area contributed by atoms with Gasteiger partial charge in [-0.2, -0.15) is 0 Å². The van der Waals surface area contributed by atoms with Crippen LogP contribution >= 0.6 is 0 Å². The van der Waals surface area contributed by atoms with Crippen molar-refractivity contribution in [3.8, 4) is 0 Å². The summed E-state index contributed by atoms with van der Waals surface area (Å²) in [6, 6.07) is 1.75. The average molecular weight is 210 g/mol. The maximum Gasteiger partial charge on any atom is 0.0348 e. The maximum absolute atomic E-state index is 3.41. The first-order valence-corrected chi connectivity index (χ1v) is 6.83. The average Bonchev–Trinajstić information content (AvgIpc) is 2.61. The van der Waals surface area contributed by atoms with Gasteiger partial charge >= 0.3 is 0 Å². The molecule has 0 aromatic heterocycles. The number of hydrogen-bond donors (Lipinski definition) is 1. The van der Waals surface area contributed by atoms with Crippen molar-refractivity contribution in [2.45, 2.75) is 58.0 Å². The third kappa shape index (κ3) is 2.36. The fourth-order valence-electron chi connectivity index (χ4n) is 3.32. The quantitative estimate of drug-likeness (QED) is 0.749. The first kappa shape index (κ1) is 11.4. The SMILES string of the molecule is CCCN(C1CNC1)C1CCCC1CC. The molecule has 2 rings (SSSR count). The molecule has 0 aromatic carbocycles. The van der Waals surface area contributed by atoms with Crippen LogP contribution in [0.3, 0.4) is 0 Å². The minimum Gasteiger partial charge on any atom is -0.314 e. The summed E-state index contributed by atoms with van der Waals surface area (Å²) in [6.45, 7) is 8.45. The molecule has 0 spiro atoms. The molecule has 2 fully saturated rings. The molecule has 0 aromatic rings. The molecule has 1 heterocycles. The van der Waals surface area contributed by atoms with E-state index in [2.05, 4.69) is 24.1 Å². The lowest BCUT2D eigenvalue weighted by atomic mass is 9.96. The zero-order valence-corrected chi connectivity index (χ0v) is 10.3. The Hall–Kier alpha value is -0.0800. The van der Waals surface area contributed by atoms with E-state index < -0.39 is 0 Å². The molecule has 2 unspecified atom stereocenters. The van der Waals surface area contributed by atoms with Crippen LogP contribution in [0, 0.1) is 5.92 Å². The van der Waals surface area contributed by atoms with Gasteiger partial charge in [-0.15, -0.1) is 0 Å². The molecule has 2 heteroatoms. The van der Waals surface area contributed by atoms with Crippen LogP contribution < -0.4 is 5.32 Å². The first-order chi connectivity index (χ1) is 7.36. The second-order valence-electron chi connectivity index (χ2n) is 5.22. The van der Waals surface area contributed by atoms with Gasteiger partial charge in [-0.3, -0.25) is 4.90 Å². The molecule has 2 aliphatic rings. The monoisotopic (exact) mass is 210 g/mol. The second-order valence-corrected chi connectivity index (χ2v) is 5.22. The smallest absolute Gasteiger partial charge is 0.0348 e. The molecule has 15 heavy (non-hydrogen) atoms. The van der Waals surface area contributed by atoms with Crippen molar-refractivity contribution in [1.82, 2.24) is 10.2 Å². The van der Waals surface area contributed by atoms with Gasteiger partial charge < -0.3 is 5.32 Å². The lowest BCUT2D eigenvalue weighted by Crippen LogP contribution is -2.60. The molecule has 88 valence electrons. The highest BCUT2D eigenvalue weighted by Gasteiger charge is 2.35. The predicted molar refractivity (Wildman–Crippen MR) is 65.1 cm³/mol. The predicted octanol–water partition coefficient (Wildman–Crippen LogP) is 2.25. The van der Waals surface area contributed by atoms with Crippen molar-refractivity contribution in [2.24, 2.45) is 5.92 Å². The minimum absolute atomic E-state index is 0.849. The van der Waals surface area contributed by atoms with Crippen molar-refractivity contribution >= 4 is 0 Å². The molecule has 1 aliphatic carbocycles. The summed E-state index contributed by atoms with van der Waals surface area (Å²) in [6.07, 6.45) is 7.08. The molecule has 1 aliphatic heterocycles. The van der Waals surface area contributed by atoms with Gasteiger partial charge in [0.05, 0.1) is 0 Å². The van der Waals surface area contributed by atoms with Crippen molar-refractivity contribution in [2.75, 3.05) is 19.6 Å². The number of nitrogens with zero attached hydrogens (tertiary/aromatic N) is 1. The Bertz CT molecular complexity index is 189. The molecule has 1 saturated heterocycles. The molecule has 1 saturated carbocycles. The van der Waals surface area contributed by atoms with Gasteiger partial charge in [-0.1, -0.05) is 26.7 Å². The summed E-state index contributed by atoms with van der Waals surface area (Å²) in [5.74, 6) is 0.983. The second kappa shape index (κ2) is 5.31. The molecular weight excluding hydrogens is 184 g/mol. The van der Waals surface area contributed by atoms with Crippen molar-refractivity contribution in [1.29, 1.82) is 0 Å². The minimum atomic E-state index is 0.849. The van der Waals surface area contributed by atoms with Crippen molar-refractivity contribution in [3.05, 3.63) is 0 Å². The van der Waals surface area contributed by atoms with E-state index in [4.69, 9.17) is 0 Å². The summed E-state index contributed by atoms with van der Waals surface area (Å²) in [5.41, 5.74) is 0. The molecule has 2 atom stereocenters. The van der Waals surface area contributed by atoms with Gasteiger partial charge in [0.1, 0.15) is 0 Å². The topological polar surface area (TPSA) is 15.3 Å². The van der Waals surface area contributed by atoms with Gasteiger partial charge in [-0.25, -0.2) is 0 Å². The number of hydrogen-bond acceptors (Lipinski definition) is 2. The first-order valence-electron chi connectivity index (χ1n) is 6.83. The van der Waals surface area contributed by atoms with Crippen LogP contribution in [0.15, 0.2) is 0 Å². The Kier molecular flexibility index (Phi) is 4.04. The number of nitrogens with one attached hydrogen (secondary N) is 1. The molecule has 0 radical (unpaired) electrons. The lowest BCUT2D eigenvalue weighted by Gasteiger charge is -2.43.